The molecule has 1 aromatic carbocycles. The molecule has 1 aliphatic rings. The monoisotopic (exact) mass is 416 g/mol. The number of hydrogen-bond acceptors (Lipinski definition) is 5. The molecule has 1 aromatic rings. The number of benzene rings is 1. The second-order valence-corrected chi connectivity index (χ2v) is 8.86. The third-order valence-corrected chi connectivity index (χ3v) is 6.07. The van der Waals surface area contributed by atoms with Crippen LogP contribution in [0.1, 0.15) is 26.7 Å². The Bertz CT molecular complexity index is 773. The van der Waals surface area contributed by atoms with Crippen molar-refractivity contribution in [2.45, 2.75) is 32.7 Å². The zero-order valence-electron chi connectivity index (χ0n) is 15.7. The first-order chi connectivity index (χ1) is 12.6. The fourth-order valence-corrected chi connectivity index (χ4v) is 4.55. The van der Waals surface area contributed by atoms with Crippen LogP contribution < -0.4 is 4.31 Å². The number of nitrogens with zero attached hydrogens (tertiary/aromatic N) is 2. The summed E-state index contributed by atoms with van der Waals surface area (Å²) in [6.07, 6.45) is 2.09. The first kappa shape index (κ1) is 21.5. The summed E-state index contributed by atoms with van der Waals surface area (Å²) in [6, 6.07) is 5.40. The van der Waals surface area contributed by atoms with E-state index in [0.29, 0.717) is 43.2 Å². The lowest BCUT2D eigenvalue weighted by Gasteiger charge is -2.36. The number of amides is 1. The number of carbonyl (C=O) groups is 2. The summed E-state index contributed by atoms with van der Waals surface area (Å²) in [6.45, 7) is 4.44. The van der Waals surface area contributed by atoms with Gasteiger partial charge in [0.2, 0.25) is 15.9 Å². The molecule has 0 unspecified atom stereocenters. The Labute approximate surface area is 165 Å². The van der Waals surface area contributed by atoms with Crippen molar-refractivity contribution in [3.63, 3.8) is 0 Å². The van der Waals surface area contributed by atoms with Gasteiger partial charge in [0.15, 0.2) is 0 Å². The lowest BCUT2D eigenvalue weighted by molar-refractivity contribution is -0.151. The van der Waals surface area contributed by atoms with E-state index in [-0.39, 0.29) is 17.8 Å². The van der Waals surface area contributed by atoms with Crippen LogP contribution >= 0.6 is 11.6 Å². The number of sulfonamides is 1. The third-order valence-electron chi connectivity index (χ3n) is 4.57. The minimum Gasteiger partial charge on any atom is -0.466 e. The summed E-state index contributed by atoms with van der Waals surface area (Å²) in [5, 5.41) is 0.479. The molecule has 0 spiro atoms. The summed E-state index contributed by atoms with van der Waals surface area (Å²) < 4.78 is 30.8. The largest absolute Gasteiger partial charge is 0.466 e. The smallest absolute Gasteiger partial charge is 0.309 e. The molecule has 0 saturated carbocycles. The molecular formula is C18H25ClN2O5S. The third kappa shape index (κ3) is 5.35. The maximum atomic E-state index is 12.9. The van der Waals surface area contributed by atoms with Gasteiger partial charge < -0.3 is 9.64 Å². The van der Waals surface area contributed by atoms with E-state index in [9.17, 15) is 18.0 Å². The highest BCUT2D eigenvalue weighted by atomic mass is 35.5. The summed E-state index contributed by atoms with van der Waals surface area (Å²) in [7, 11) is -3.68. The van der Waals surface area contributed by atoms with E-state index in [0.717, 1.165) is 10.6 Å². The van der Waals surface area contributed by atoms with Crippen LogP contribution in [0, 0.1) is 5.92 Å². The minimum absolute atomic E-state index is 0.216. The first-order valence-electron chi connectivity index (χ1n) is 8.85. The van der Waals surface area contributed by atoms with E-state index < -0.39 is 16.1 Å². The number of anilines is 1. The van der Waals surface area contributed by atoms with Crippen LogP contribution in [-0.2, 0) is 24.3 Å². The molecule has 150 valence electrons. The van der Waals surface area contributed by atoms with Crippen molar-refractivity contribution in [1.29, 1.82) is 0 Å². The number of esters is 1. The van der Waals surface area contributed by atoms with Crippen molar-refractivity contribution >= 4 is 39.2 Å². The molecule has 7 nitrogen and oxygen atoms in total. The summed E-state index contributed by atoms with van der Waals surface area (Å²) >= 11 is 5.88. The van der Waals surface area contributed by atoms with Crippen LogP contribution in [0.5, 0.6) is 0 Å². The Hall–Kier alpha value is -1.80. The summed E-state index contributed by atoms with van der Waals surface area (Å²) in [4.78, 5) is 26.3. The molecule has 9 heteroatoms. The van der Waals surface area contributed by atoms with Gasteiger partial charge in [-0.2, -0.15) is 0 Å². The van der Waals surface area contributed by atoms with Gasteiger partial charge in [-0.15, -0.1) is 0 Å². The van der Waals surface area contributed by atoms with Crippen LogP contribution in [-0.4, -0.2) is 57.2 Å². The zero-order valence-corrected chi connectivity index (χ0v) is 17.3. The van der Waals surface area contributed by atoms with E-state index in [1.807, 2.05) is 0 Å². The lowest BCUT2D eigenvalue weighted by atomic mass is 9.96. The molecule has 0 aliphatic carbocycles. The fourth-order valence-electron chi connectivity index (χ4n) is 3.25. The highest BCUT2D eigenvalue weighted by Gasteiger charge is 2.35. The SMILES string of the molecule is CCOC(=O)C1CCN(C(=O)[C@H](C)N(c2ccc(Cl)cc2)S(C)(=O)=O)CC1. The molecule has 0 radical (unpaired) electrons. The number of rotatable bonds is 6. The number of halogens is 1. The average molecular weight is 417 g/mol. The van der Waals surface area contributed by atoms with Gasteiger partial charge >= 0.3 is 5.97 Å². The minimum atomic E-state index is -3.68. The van der Waals surface area contributed by atoms with Crippen LogP contribution in [0.4, 0.5) is 5.69 Å². The standard InChI is InChI=1S/C18H25ClN2O5S/c1-4-26-18(23)14-9-11-20(12-10-14)17(22)13(2)21(27(3,24)25)16-7-5-15(19)6-8-16/h5-8,13-14H,4,9-12H2,1-3H3/t13-/m0/s1. The summed E-state index contributed by atoms with van der Waals surface area (Å²) in [5.41, 5.74) is 0.379. The predicted octanol–water partition coefficient (Wildman–Crippen LogP) is 2.30. The number of carbonyl (C=O) groups excluding carboxylic acids is 2. The number of hydrogen-bond donors (Lipinski definition) is 0. The van der Waals surface area contributed by atoms with Crippen molar-refractivity contribution in [2.24, 2.45) is 5.92 Å². The average Bonchev–Trinajstić information content (AvgIpc) is 2.62. The van der Waals surface area contributed by atoms with Crippen LogP contribution in [0.25, 0.3) is 0 Å². The molecule has 1 heterocycles. The van der Waals surface area contributed by atoms with E-state index in [1.54, 1.807) is 43.0 Å². The summed E-state index contributed by atoms with van der Waals surface area (Å²) in [5.74, 6) is -0.749. The van der Waals surface area contributed by atoms with E-state index in [1.165, 1.54) is 0 Å². The molecule has 1 atom stereocenters. The quantitative estimate of drug-likeness (QED) is 0.664. The predicted molar refractivity (Wildman–Crippen MR) is 104 cm³/mol. The fraction of sp³-hybridized carbons (Fsp3) is 0.556. The number of piperidine rings is 1. The Morgan fingerprint density at radius 1 is 1.26 bits per heavy atom. The second kappa shape index (κ2) is 8.93. The zero-order chi connectivity index (χ0) is 20.2. The van der Waals surface area contributed by atoms with Crippen molar-refractivity contribution in [1.82, 2.24) is 4.90 Å². The molecule has 1 amide bonds. The van der Waals surface area contributed by atoms with E-state index in [2.05, 4.69) is 0 Å². The van der Waals surface area contributed by atoms with Gasteiger partial charge in [0.05, 0.1) is 24.5 Å². The molecule has 0 N–H and O–H groups in total. The molecule has 1 saturated heterocycles. The van der Waals surface area contributed by atoms with Gasteiger partial charge in [0.25, 0.3) is 0 Å². The molecule has 2 rings (SSSR count). The number of ether oxygens (including phenoxy) is 1. The molecular weight excluding hydrogens is 392 g/mol. The van der Waals surface area contributed by atoms with E-state index in [4.69, 9.17) is 16.3 Å². The molecule has 0 aromatic heterocycles. The van der Waals surface area contributed by atoms with Crippen LogP contribution in [0.3, 0.4) is 0 Å². The van der Waals surface area contributed by atoms with Gasteiger partial charge in [-0.3, -0.25) is 13.9 Å². The van der Waals surface area contributed by atoms with Gasteiger partial charge in [0.1, 0.15) is 6.04 Å². The Kier molecular flexibility index (Phi) is 7.11. The lowest BCUT2D eigenvalue weighted by Crippen LogP contribution is -2.51. The van der Waals surface area contributed by atoms with Gasteiger partial charge in [-0.1, -0.05) is 11.6 Å². The van der Waals surface area contributed by atoms with Crippen molar-refractivity contribution in [3.05, 3.63) is 29.3 Å². The van der Waals surface area contributed by atoms with Crippen LogP contribution in [0.15, 0.2) is 24.3 Å². The van der Waals surface area contributed by atoms with Crippen molar-refractivity contribution in [3.8, 4) is 0 Å². The van der Waals surface area contributed by atoms with Crippen molar-refractivity contribution < 1.29 is 22.7 Å². The maximum Gasteiger partial charge on any atom is 0.309 e. The normalized spacial score (nSPS) is 16.7. The van der Waals surface area contributed by atoms with Gasteiger partial charge in [-0.05, 0) is 51.0 Å². The number of likely N-dealkylation sites (tertiary alicyclic amines) is 1. The molecule has 0 bridgehead atoms. The van der Waals surface area contributed by atoms with Crippen molar-refractivity contribution in [2.75, 3.05) is 30.3 Å². The van der Waals surface area contributed by atoms with E-state index >= 15 is 0 Å². The van der Waals surface area contributed by atoms with Gasteiger partial charge in [-0.25, -0.2) is 8.42 Å². The first-order valence-corrected chi connectivity index (χ1v) is 11.1. The second-order valence-electron chi connectivity index (χ2n) is 6.56. The highest BCUT2D eigenvalue weighted by Crippen LogP contribution is 2.25. The molecule has 1 fully saturated rings. The maximum absolute atomic E-state index is 12.9. The molecule has 1 aliphatic heterocycles. The molecule has 27 heavy (non-hydrogen) atoms. The Morgan fingerprint density at radius 3 is 2.30 bits per heavy atom. The van der Waals surface area contributed by atoms with Gasteiger partial charge in [0, 0.05) is 18.1 Å². The Morgan fingerprint density at radius 2 is 1.81 bits per heavy atom. The topological polar surface area (TPSA) is 84.0 Å². The van der Waals surface area contributed by atoms with Crippen LogP contribution in [0.2, 0.25) is 5.02 Å². The highest BCUT2D eigenvalue weighted by molar-refractivity contribution is 7.92. The Balaban J connectivity index is 2.12.